The average Bonchev–Trinajstić information content (AvgIpc) is 3.52. The van der Waals surface area contributed by atoms with Crippen molar-refractivity contribution in [1.82, 2.24) is 34.2 Å². The van der Waals surface area contributed by atoms with Crippen molar-refractivity contribution in [2.24, 2.45) is 0 Å². The summed E-state index contributed by atoms with van der Waals surface area (Å²) < 4.78 is 35.3. The number of nitrogens with zero attached hydrogens (tertiary/aromatic N) is 8. The number of carbonyl (C=O) groups is 1. The third-order valence-corrected chi connectivity index (χ3v) is 8.80. The summed E-state index contributed by atoms with van der Waals surface area (Å²) in [5.41, 5.74) is 2.28. The predicted octanol–water partition coefficient (Wildman–Crippen LogP) is 4.89. The van der Waals surface area contributed by atoms with Crippen molar-refractivity contribution >= 4 is 22.8 Å². The molecule has 5 aromatic rings. The van der Waals surface area contributed by atoms with E-state index in [4.69, 9.17) is 4.98 Å². The van der Waals surface area contributed by atoms with E-state index >= 15 is 8.78 Å². The average molecular weight is 623 g/mol. The highest BCUT2D eigenvalue weighted by molar-refractivity contribution is 5.93. The number of anilines is 1. The Kier molecular flexibility index (Phi) is 7.22. The van der Waals surface area contributed by atoms with Gasteiger partial charge in [-0.2, -0.15) is 10.1 Å². The second-order valence-corrected chi connectivity index (χ2v) is 12.0. The number of piperazine rings is 1. The minimum absolute atomic E-state index is 0.0292. The van der Waals surface area contributed by atoms with Gasteiger partial charge < -0.3 is 9.80 Å². The molecule has 0 radical (unpaired) electrons. The summed E-state index contributed by atoms with van der Waals surface area (Å²) in [5, 5.41) is 4.78. The molecule has 10 nitrogen and oxygen atoms in total. The molecule has 12 heteroatoms. The molecule has 1 amide bonds. The number of hydrogen-bond donors (Lipinski definition) is 0. The summed E-state index contributed by atoms with van der Waals surface area (Å²) in [6.07, 6.45) is 6.91. The molecule has 0 spiro atoms. The number of amides is 1. The zero-order chi connectivity index (χ0) is 32.3. The summed E-state index contributed by atoms with van der Waals surface area (Å²) >= 11 is 0. The molecule has 6 heterocycles. The Labute approximate surface area is 263 Å². The lowest BCUT2D eigenvalue weighted by atomic mass is 9.98. The smallest absolute Gasteiger partial charge is 0.350 e. The monoisotopic (exact) mass is 622 g/mol. The van der Waals surface area contributed by atoms with E-state index in [0.29, 0.717) is 60.5 Å². The van der Waals surface area contributed by atoms with E-state index in [1.807, 2.05) is 31.7 Å². The van der Waals surface area contributed by atoms with E-state index < -0.39 is 17.3 Å². The Morgan fingerprint density at radius 3 is 2.70 bits per heavy atom. The Hall–Kier alpha value is -5.26. The standard InChI is InChI=1S/C34H32F2N8O2/c1-5-27(45)41-13-14-43(20(4)17-41)32-24-15-26(36)30-28-23(7-6-8-25(28)35)22-16-38-42(18-22)12-10-21-9-11-37-29(19(2)3)31(21)44(33(24)39-30)34(46)40-32/h5-9,11,15-16,18-20H,1,10,12-14,17H2,2-4H3/t20-/m0/s1. The first-order chi connectivity index (χ1) is 22.2. The molecule has 234 valence electrons. The van der Waals surface area contributed by atoms with Gasteiger partial charge in [-0.1, -0.05) is 32.6 Å². The van der Waals surface area contributed by atoms with Crippen LogP contribution in [0.3, 0.4) is 0 Å². The Bertz CT molecular complexity index is 2100. The lowest BCUT2D eigenvalue weighted by Crippen LogP contribution is -2.54. The largest absolute Gasteiger partial charge is 0.355 e. The van der Waals surface area contributed by atoms with Gasteiger partial charge in [-0.25, -0.2) is 23.1 Å². The maximum Gasteiger partial charge on any atom is 0.355 e. The maximum atomic E-state index is 16.4. The fraction of sp³-hybridized carbons (Fsp3) is 0.294. The third kappa shape index (κ3) is 4.75. The first-order valence-corrected chi connectivity index (χ1v) is 15.3. The normalized spacial score (nSPS) is 16.1. The van der Waals surface area contributed by atoms with Crippen LogP contribution in [0.2, 0.25) is 0 Å². The summed E-state index contributed by atoms with van der Waals surface area (Å²) in [4.78, 5) is 44.2. The molecule has 1 atom stereocenters. The van der Waals surface area contributed by atoms with E-state index in [-0.39, 0.29) is 40.6 Å². The van der Waals surface area contributed by atoms with Crippen molar-refractivity contribution in [2.75, 3.05) is 24.5 Å². The topological polar surface area (TPSA) is 102 Å². The van der Waals surface area contributed by atoms with E-state index in [1.165, 1.54) is 22.8 Å². The van der Waals surface area contributed by atoms with Crippen LogP contribution in [0.4, 0.5) is 14.6 Å². The van der Waals surface area contributed by atoms with Crippen LogP contribution in [0.25, 0.3) is 39.1 Å². The lowest BCUT2D eigenvalue weighted by molar-refractivity contribution is -0.126. The molecule has 1 aromatic carbocycles. The third-order valence-electron chi connectivity index (χ3n) is 8.80. The lowest BCUT2D eigenvalue weighted by Gasteiger charge is -2.40. The summed E-state index contributed by atoms with van der Waals surface area (Å²) in [5.74, 6) is -1.45. The minimum atomic E-state index is -0.766. The van der Waals surface area contributed by atoms with Gasteiger partial charge in [0.05, 0.1) is 23.0 Å². The minimum Gasteiger partial charge on any atom is -0.350 e. The second-order valence-electron chi connectivity index (χ2n) is 12.0. The van der Waals surface area contributed by atoms with Crippen LogP contribution in [-0.4, -0.2) is 65.8 Å². The molecule has 0 aliphatic carbocycles. The second kappa shape index (κ2) is 11.3. The first-order valence-electron chi connectivity index (χ1n) is 15.3. The van der Waals surface area contributed by atoms with Gasteiger partial charge in [0.2, 0.25) is 5.91 Å². The van der Waals surface area contributed by atoms with Gasteiger partial charge in [0.25, 0.3) is 0 Å². The summed E-state index contributed by atoms with van der Waals surface area (Å²) in [6.45, 7) is 11.0. The van der Waals surface area contributed by atoms with E-state index in [2.05, 4.69) is 21.6 Å². The predicted molar refractivity (Wildman–Crippen MR) is 171 cm³/mol. The zero-order valence-corrected chi connectivity index (χ0v) is 25.7. The van der Waals surface area contributed by atoms with Gasteiger partial charge in [0, 0.05) is 55.7 Å². The molecule has 4 bridgehead atoms. The van der Waals surface area contributed by atoms with Gasteiger partial charge in [-0.3, -0.25) is 14.5 Å². The van der Waals surface area contributed by atoms with Crippen molar-refractivity contribution in [3.8, 4) is 28.1 Å². The zero-order valence-electron chi connectivity index (χ0n) is 25.7. The number of hydrogen-bond acceptors (Lipinski definition) is 7. The number of rotatable bonds is 3. The molecule has 4 aromatic heterocycles. The summed E-state index contributed by atoms with van der Waals surface area (Å²) in [6, 6.07) is 7.42. The molecular formula is C34H32F2N8O2. The number of halogens is 2. The van der Waals surface area contributed by atoms with Crippen LogP contribution >= 0.6 is 0 Å². The highest BCUT2D eigenvalue weighted by Gasteiger charge is 2.31. The van der Waals surface area contributed by atoms with Gasteiger partial charge >= 0.3 is 5.69 Å². The number of pyridine rings is 2. The van der Waals surface area contributed by atoms with Gasteiger partial charge in [-0.15, -0.1) is 0 Å². The van der Waals surface area contributed by atoms with E-state index in [0.717, 1.165) is 5.56 Å². The number of aryl methyl sites for hydroxylation is 2. The van der Waals surface area contributed by atoms with Crippen LogP contribution in [-0.2, 0) is 17.8 Å². The van der Waals surface area contributed by atoms with Crippen molar-refractivity contribution in [3.63, 3.8) is 0 Å². The molecule has 46 heavy (non-hydrogen) atoms. The molecule has 0 N–H and O–H groups in total. The van der Waals surface area contributed by atoms with Gasteiger partial charge in [0.1, 0.15) is 17.3 Å². The van der Waals surface area contributed by atoms with Crippen LogP contribution in [0.1, 0.15) is 37.9 Å². The van der Waals surface area contributed by atoms with E-state index in [1.54, 1.807) is 40.3 Å². The van der Waals surface area contributed by atoms with Crippen molar-refractivity contribution < 1.29 is 13.6 Å². The van der Waals surface area contributed by atoms with Crippen molar-refractivity contribution in [3.05, 3.63) is 95.0 Å². The fourth-order valence-corrected chi connectivity index (χ4v) is 6.56. The van der Waals surface area contributed by atoms with E-state index in [9.17, 15) is 9.59 Å². The maximum absolute atomic E-state index is 16.4. The Balaban J connectivity index is 1.57. The molecular weight excluding hydrogens is 590 g/mol. The number of fused-ring (bicyclic) bond motifs is 8. The Morgan fingerprint density at radius 1 is 1.11 bits per heavy atom. The van der Waals surface area contributed by atoms with Crippen molar-refractivity contribution in [1.29, 1.82) is 0 Å². The Morgan fingerprint density at radius 2 is 1.93 bits per heavy atom. The molecule has 1 fully saturated rings. The molecule has 2 aliphatic rings. The van der Waals surface area contributed by atoms with Crippen LogP contribution in [0, 0.1) is 11.6 Å². The molecule has 7 rings (SSSR count). The molecule has 1 saturated heterocycles. The van der Waals surface area contributed by atoms with Crippen LogP contribution < -0.4 is 10.6 Å². The number of benzene rings is 1. The molecule has 0 saturated carbocycles. The van der Waals surface area contributed by atoms with Gasteiger partial charge in [0.15, 0.2) is 11.5 Å². The van der Waals surface area contributed by atoms with Crippen molar-refractivity contribution in [2.45, 2.75) is 45.7 Å². The SMILES string of the molecule is C=CC(=O)N1CCN(c2nc(=O)n3c4nc(c(F)cc24)-c2c(F)cccc2-c2cnn(c2)CCc2ccnc(C(C)C)c2-3)[C@@H](C)C1. The van der Waals surface area contributed by atoms with Gasteiger partial charge in [-0.05, 0) is 54.7 Å². The van der Waals surface area contributed by atoms with Crippen LogP contribution in [0.5, 0.6) is 0 Å². The molecule has 2 aliphatic heterocycles. The van der Waals surface area contributed by atoms with Crippen LogP contribution in [0.15, 0.2) is 66.4 Å². The number of carbonyl (C=O) groups excluding carboxylic acids is 1. The molecule has 0 unspecified atom stereocenters. The first kappa shape index (κ1) is 29.5. The number of aromatic nitrogens is 6. The summed E-state index contributed by atoms with van der Waals surface area (Å²) in [7, 11) is 0. The fourth-order valence-electron chi connectivity index (χ4n) is 6.56. The highest BCUT2D eigenvalue weighted by Crippen LogP contribution is 2.38. The quantitative estimate of drug-likeness (QED) is 0.264. The highest BCUT2D eigenvalue weighted by atomic mass is 19.1.